The van der Waals surface area contributed by atoms with E-state index in [9.17, 15) is 19.2 Å². The molecular formula is C17H17N3O6. The van der Waals surface area contributed by atoms with Crippen LogP contribution in [0.1, 0.15) is 33.4 Å². The summed E-state index contributed by atoms with van der Waals surface area (Å²) in [5, 5.41) is 2.64. The van der Waals surface area contributed by atoms with Crippen molar-refractivity contribution in [3.63, 3.8) is 0 Å². The van der Waals surface area contributed by atoms with Gasteiger partial charge in [0.05, 0.1) is 11.8 Å². The van der Waals surface area contributed by atoms with Crippen LogP contribution in [0.2, 0.25) is 0 Å². The van der Waals surface area contributed by atoms with Gasteiger partial charge in [-0.2, -0.15) is 0 Å². The quantitative estimate of drug-likeness (QED) is 0.543. The number of carbonyl (C=O) groups excluding carboxylic acids is 4. The average molecular weight is 359 g/mol. The van der Waals surface area contributed by atoms with Gasteiger partial charge in [0.2, 0.25) is 5.91 Å². The highest BCUT2D eigenvalue weighted by molar-refractivity contribution is 6.03. The third-order valence-electron chi connectivity index (χ3n) is 3.18. The fraction of sp³-hybridized carbons (Fsp3) is 0.176. The van der Waals surface area contributed by atoms with Crippen LogP contribution in [0, 0.1) is 6.92 Å². The maximum atomic E-state index is 12.0. The fourth-order valence-electron chi connectivity index (χ4n) is 1.88. The molecule has 0 spiro atoms. The zero-order valence-electron chi connectivity index (χ0n) is 14.1. The van der Waals surface area contributed by atoms with Crippen LogP contribution in [-0.2, 0) is 14.3 Å². The molecule has 1 heterocycles. The second-order valence-corrected chi connectivity index (χ2v) is 5.27. The summed E-state index contributed by atoms with van der Waals surface area (Å²) in [5.74, 6) is -2.23. The van der Waals surface area contributed by atoms with E-state index in [4.69, 9.17) is 9.15 Å². The SMILES string of the molecule is CC(=O)NNC(=O)COC(=O)c1ccc(C)c(NC(=O)c2ccco2)c1. The molecule has 1 aromatic heterocycles. The molecule has 0 unspecified atom stereocenters. The molecule has 1 aromatic carbocycles. The van der Waals surface area contributed by atoms with Crippen LogP contribution in [0.15, 0.2) is 41.0 Å². The number of hydrazine groups is 1. The van der Waals surface area contributed by atoms with Gasteiger partial charge in [0, 0.05) is 12.6 Å². The van der Waals surface area contributed by atoms with E-state index in [0.717, 1.165) is 5.56 Å². The van der Waals surface area contributed by atoms with Crippen molar-refractivity contribution in [1.29, 1.82) is 0 Å². The lowest BCUT2D eigenvalue weighted by Crippen LogP contribution is -2.42. The molecule has 2 aromatic rings. The third-order valence-corrected chi connectivity index (χ3v) is 3.18. The predicted molar refractivity (Wildman–Crippen MR) is 90.1 cm³/mol. The molecule has 3 N–H and O–H groups in total. The zero-order valence-corrected chi connectivity index (χ0v) is 14.1. The Balaban J connectivity index is 1.99. The average Bonchev–Trinajstić information content (AvgIpc) is 3.14. The van der Waals surface area contributed by atoms with Crippen LogP contribution in [0.25, 0.3) is 0 Å². The molecule has 9 heteroatoms. The summed E-state index contributed by atoms with van der Waals surface area (Å²) in [6, 6.07) is 7.67. The largest absolute Gasteiger partial charge is 0.459 e. The number of esters is 1. The Bertz CT molecular complexity index is 829. The molecule has 0 radical (unpaired) electrons. The smallest absolute Gasteiger partial charge is 0.338 e. The van der Waals surface area contributed by atoms with Gasteiger partial charge in [-0.3, -0.25) is 25.2 Å². The first-order valence-corrected chi connectivity index (χ1v) is 7.55. The lowest BCUT2D eigenvalue weighted by Gasteiger charge is -2.10. The van der Waals surface area contributed by atoms with Gasteiger partial charge in [0.25, 0.3) is 11.8 Å². The number of carbonyl (C=O) groups is 4. The lowest BCUT2D eigenvalue weighted by molar-refractivity contribution is -0.129. The molecule has 0 atom stereocenters. The van der Waals surface area contributed by atoms with Crippen molar-refractivity contribution in [2.24, 2.45) is 0 Å². The highest BCUT2D eigenvalue weighted by atomic mass is 16.5. The zero-order chi connectivity index (χ0) is 19.1. The molecule has 0 aliphatic heterocycles. The van der Waals surface area contributed by atoms with Gasteiger partial charge in [-0.25, -0.2) is 4.79 Å². The van der Waals surface area contributed by atoms with Crippen LogP contribution in [-0.4, -0.2) is 30.3 Å². The molecule has 3 amide bonds. The molecule has 136 valence electrons. The number of hydrogen-bond acceptors (Lipinski definition) is 6. The normalized spacial score (nSPS) is 9.92. The summed E-state index contributed by atoms with van der Waals surface area (Å²) in [6.45, 7) is 2.41. The van der Waals surface area contributed by atoms with E-state index in [1.807, 2.05) is 0 Å². The molecule has 26 heavy (non-hydrogen) atoms. The Hall–Kier alpha value is -3.62. The fourth-order valence-corrected chi connectivity index (χ4v) is 1.88. The van der Waals surface area contributed by atoms with Gasteiger partial charge in [0.15, 0.2) is 12.4 Å². The lowest BCUT2D eigenvalue weighted by atomic mass is 10.1. The minimum atomic E-state index is -0.753. The van der Waals surface area contributed by atoms with Crippen LogP contribution in [0.3, 0.4) is 0 Å². The highest BCUT2D eigenvalue weighted by Crippen LogP contribution is 2.19. The summed E-state index contributed by atoms with van der Waals surface area (Å²) >= 11 is 0. The topological polar surface area (TPSA) is 127 Å². The van der Waals surface area contributed by atoms with Gasteiger partial charge in [-0.15, -0.1) is 0 Å². The number of anilines is 1. The first kappa shape index (κ1) is 18.7. The van der Waals surface area contributed by atoms with E-state index in [1.165, 1.54) is 31.4 Å². The van der Waals surface area contributed by atoms with E-state index in [-0.39, 0.29) is 11.3 Å². The van der Waals surface area contributed by atoms with Gasteiger partial charge in [-0.1, -0.05) is 6.07 Å². The highest BCUT2D eigenvalue weighted by Gasteiger charge is 2.15. The van der Waals surface area contributed by atoms with Crippen molar-refractivity contribution in [2.45, 2.75) is 13.8 Å². The molecule has 2 rings (SSSR count). The number of hydrogen-bond donors (Lipinski definition) is 3. The number of benzene rings is 1. The summed E-state index contributed by atoms with van der Waals surface area (Å²) in [5.41, 5.74) is 5.43. The Morgan fingerprint density at radius 2 is 1.88 bits per heavy atom. The standard InChI is InChI=1S/C17H17N3O6/c1-10-5-6-12(17(24)26-9-15(22)20-19-11(2)21)8-13(10)18-16(23)14-4-3-7-25-14/h3-8H,9H2,1-2H3,(H,18,23)(H,19,21)(H,20,22). The monoisotopic (exact) mass is 359 g/mol. The van der Waals surface area contributed by atoms with E-state index < -0.39 is 30.3 Å². The number of ether oxygens (including phenoxy) is 1. The van der Waals surface area contributed by atoms with Crippen molar-refractivity contribution < 1.29 is 28.3 Å². The minimum Gasteiger partial charge on any atom is -0.459 e. The summed E-state index contributed by atoms with van der Waals surface area (Å²) < 4.78 is 9.87. The van der Waals surface area contributed by atoms with E-state index in [0.29, 0.717) is 5.69 Å². The molecule has 0 fully saturated rings. The summed E-state index contributed by atoms with van der Waals surface area (Å²) in [6.07, 6.45) is 1.38. The number of amides is 3. The van der Waals surface area contributed by atoms with Gasteiger partial charge in [-0.05, 0) is 36.8 Å². The molecule has 0 aliphatic rings. The van der Waals surface area contributed by atoms with Crippen molar-refractivity contribution in [3.8, 4) is 0 Å². The van der Waals surface area contributed by atoms with Crippen LogP contribution >= 0.6 is 0 Å². The van der Waals surface area contributed by atoms with Gasteiger partial charge >= 0.3 is 5.97 Å². The van der Waals surface area contributed by atoms with Gasteiger partial charge in [0.1, 0.15) is 0 Å². The van der Waals surface area contributed by atoms with Crippen LogP contribution < -0.4 is 16.2 Å². The maximum absolute atomic E-state index is 12.0. The molecule has 0 aliphatic carbocycles. The summed E-state index contributed by atoms with van der Waals surface area (Å²) in [7, 11) is 0. The first-order valence-electron chi connectivity index (χ1n) is 7.55. The van der Waals surface area contributed by atoms with E-state index >= 15 is 0 Å². The predicted octanol–water partition coefficient (Wildman–Crippen LogP) is 1.16. The Labute approximate surface area is 148 Å². The molecule has 0 bridgehead atoms. The van der Waals surface area contributed by atoms with Crippen LogP contribution in [0.4, 0.5) is 5.69 Å². The first-order chi connectivity index (χ1) is 12.4. The van der Waals surface area contributed by atoms with Crippen molar-refractivity contribution in [1.82, 2.24) is 10.9 Å². The van der Waals surface area contributed by atoms with Crippen molar-refractivity contribution in [3.05, 3.63) is 53.5 Å². The number of aryl methyl sites for hydroxylation is 1. The second kappa shape index (κ2) is 8.47. The van der Waals surface area contributed by atoms with Crippen molar-refractivity contribution in [2.75, 3.05) is 11.9 Å². The Morgan fingerprint density at radius 3 is 2.54 bits per heavy atom. The van der Waals surface area contributed by atoms with Crippen LogP contribution in [0.5, 0.6) is 0 Å². The molecule has 9 nitrogen and oxygen atoms in total. The number of furan rings is 1. The van der Waals surface area contributed by atoms with E-state index in [2.05, 4.69) is 16.2 Å². The number of rotatable bonds is 5. The number of nitrogens with one attached hydrogen (secondary N) is 3. The molecule has 0 saturated carbocycles. The second-order valence-electron chi connectivity index (χ2n) is 5.27. The maximum Gasteiger partial charge on any atom is 0.338 e. The summed E-state index contributed by atoms with van der Waals surface area (Å²) in [4.78, 5) is 46.2. The Kier molecular flexibility index (Phi) is 6.10. The molecule has 0 saturated heterocycles. The minimum absolute atomic E-state index is 0.132. The van der Waals surface area contributed by atoms with Gasteiger partial charge < -0.3 is 14.5 Å². The third kappa shape index (κ3) is 5.20. The Morgan fingerprint density at radius 1 is 1.12 bits per heavy atom. The van der Waals surface area contributed by atoms with E-state index in [1.54, 1.807) is 19.1 Å². The molecular weight excluding hydrogens is 342 g/mol. The van der Waals surface area contributed by atoms with Crippen molar-refractivity contribution >= 4 is 29.4 Å².